The number of hydrogen-bond acceptors (Lipinski definition) is 1. The highest BCUT2D eigenvalue weighted by Crippen LogP contribution is 2.36. The van der Waals surface area contributed by atoms with Crippen molar-refractivity contribution in [3.8, 4) is 16.9 Å². The zero-order chi connectivity index (χ0) is 25.2. The highest BCUT2D eigenvalue weighted by molar-refractivity contribution is 5.65. The fourth-order valence-corrected chi connectivity index (χ4v) is 4.59. The minimum Gasteiger partial charge on any atom is -0.429 e. The molecule has 0 radical (unpaired) electrons. The molecule has 0 unspecified atom stereocenters. The van der Waals surface area contributed by atoms with Gasteiger partial charge in [-0.05, 0) is 72.2 Å². The first kappa shape index (κ1) is 25.1. The van der Waals surface area contributed by atoms with E-state index in [2.05, 4.69) is 6.92 Å². The summed E-state index contributed by atoms with van der Waals surface area (Å²) in [6.07, 6.45) is 2.80. The number of alkyl halides is 2. The largest absolute Gasteiger partial charge is 0.429 e. The Morgan fingerprint density at radius 2 is 1.40 bits per heavy atom. The quantitative estimate of drug-likeness (QED) is 0.300. The maximum absolute atomic E-state index is 14.7. The average molecular weight is 493 g/mol. The van der Waals surface area contributed by atoms with Crippen LogP contribution in [0.25, 0.3) is 11.1 Å². The van der Waals surface area contributed by atoms with Gasteiger partial charge in [0.1, 0.15) is 17.4 Å². The summed E-state index contributed by atoms with van der Waals surface area (Å²) in [5.41, 5.74) is -1.07. The van der Waals surface area contributed by atoms with Gasteiger partial charge in [0.2, 0.25) is 0 Å². The molecule has 0 spiro atoms. The molecule has 1 fully saturated rings. The van der Waals surface area contributed by atoms with Gasteiger partial charge in [0.15, 0.2) is 11.6 Å². The van der Waals surface area contributed by atoms with E-state index in [1.165, 1.54) is 37.8 Å². The molecule has 4 rings (SSSR count). The van der Waals surface area contributed by atoms with Crippen LogP contribution in [0.4, 0.5) is 26.3 Å². The van der Waals surface area contributed by atoms with Crippen LogP contribution < -0.4 is 4.74 Å². The predicted molar refractivity (Wildman–Crippen MR) is 122 cm³/mol. The average Bonchev–Trinajstić information content (AvgIpc) is 2.81. The van der Waals surface area contributed by atoms with E-state index in [1.54, 1.807) is 12.1 Å². The lowest BCUT2D eigenvalue weighted by Gasteiger charge is -2.26. The zero-order valence-electron chi connectivity index (χ0n) is 19.3. The van der Waals surface area contributed by atoms with Gasteiger partial charge in [0.05, 0.1) is 11.1 Å². The Bertz CT molecular complexity index is 1140. The standard InChI is InChI=1S/C28H26F6O/c1-17-2-4-18(5-3-17)6-7-19-8-11-22(12-9-19)35-28(33,34)21-15-25(31)27(26(32)16-21)20-10-13-23(29)24(30)14-20/h8-18H,2-7H2,1H3. The molecule has 0 amide bonds. The molecule has 0 aliphatic heterocycles. The fourth-order valence-electron chi connectivity index (χ4n) is 4.59. The minimum absolute atomic E-state index is 0.143. The molecule has 35 heavy (non-hydrogen) atoms. The van der Waals surface area contributed by atoms with Crippen LogP contribution in [0, 0.1) is 35.1 Å². The molecule has 3 aromatic rings. The van der Waals surface area contributed by atoms with E-state index in [0.717, 1.165) is 30.4 Å². The van der Waals surface area contributed by atoms with Gasteiger partial charge in [0.25, 0.3) is 0 Å². The maximum atomic E-state index is 14.7. The van der Waals surface area contributed by atoms with Crippen LogP contribution in [0.2, 0.25) is 0 Å². The Labute approximate surface area is 200 Å². The van der Waals surface area contributed by atoms with Crippen LogP contribution in [0.15, 0.2) is 54.6 Å². The first-order valence-electron chi connectivity index (χ1n) is 11.7. The Balaban J connectivity index is 1.44. The lowest BCUT2D eigenvalue weighted by atomic mass is 9.80. The van der Waals surface area contributed by atoms with Crippen LogP contribution in [-0.2, 0) is 12.5 Å². The van der Waals surface area contributed by atoms with Crippen molar-refractivity contribution in [3.63, 3.8) is 0 Å². The van der Waals surface area contributed by atoms with Crippen molar-refractivity contribution >= 4 is 0 Å². The topological polar surface area (TPSA) is 9.23 Å². The first-order valence-corrected chi connectivity index (χ1v) is 11.7. The number of rotatable bonds is 7. The summed E-state index contributed by atoms with van der Waals surface area (Å²) in [7, 11) is 0. The molecule has 0 saturated heterocycles. The molecule has 0 atom stereocenters. The molecule has 186 valence electrons. The van der Waals surface area contributed by atoms with E-state index in [0.29, 0.717) is 30.2 Å². The monoisotopic (exact) mass is 492 g/mol. The first-order chi connectivity index (χ1) is 16.6. The molecule has 0 N–H and O–H groups in total. The minimum atomic E-state index is -4.02. The summed E-state index contributed by atoms with van der Waals surface area (Å²) in [4.78, 5) is 0. The van der Waals surface area contributed by atoms with Crippen molar-refractivity contribution in [2.75, 3.05) is 0 Å². The van der Waals surface area contributed by atoms with Gasteiger partial charge < -0.3 is 4.74 Å². The lowest BCUT2D eigenvalue weighted by Crippen LogP contribution is -2.22. The second-order valence-electron chi connectivity index (χ2n) is 9.37. The fraction of sp³-hybridized carbons (Fsp3) is 0.357. The molecule has 0 bridgehead atoms. The second-order valence-corrected chi connectivity index (χ2v) is 9.37. The number of halogens is 6. The van der Waals surface area contributed by atoms with Crippen molar-refractivity contribution in [1.29, 1.82) is 0 Å². The number of aryl methyl sites for hydroxylation is 1. The molecule has 0 aromatic heterocycles. The van der Waals surface area contributed by atoms with Crippen LogP contribution in [0.3, 0.4) is 0 Å². The molecule has 1 aliphatic rings. The van der Waals surface area contributed by atoms with Crippen molar-refractivity contribution in [1.82, 2.24) is 0 Å². The molecular weight excluding hydrogens is 466 g/mol. The van der Waals surface area contributed by atoms with Crippen molar-refractivity contribution in [3.05, 3.63) is 89.0 Å². The van der Waals surface area contributed by atoms with Gasteiger partial charge in [-0.3, -0.25) is 0 Å². The van der Waals surface area contributed by atoms with Gasteiger partial charge in [0, 0.05) is 0 Å². The molecule has 1 nitrogen and oxygen atoms in total. The number of hydrogen-bond donors (Lipinski definition) is 0. The summed E-state index contributed by atoms with van der Waals surface area (Å²) in [6.45, 7) is 2.27. The van der Waals surface area contributed by atoms with Crippen LogP contribution in [0.1, 0.15) is 50.2 Å². The van der Waals surface area contributed by atoms with Crippen LogP contribution >= 0.6 is 0 Å². The normalized spacial score (nSPS) is 18.5. The number of ether oxygens (including phenoxy) is 1. The second kappa shape index (κ2) is 10.3. The Kier molecular flexibility index (Phi) is 7.43. The Morgan fingerprint density at radius 1 is 0.771 bits per heavy atom. The molecule has 1 saturated carbocycles. The molecule has 0 heterocycles. The lowest BCUT2D eigenvalue weighted by molar-refractivity contribution is -0.185. The zero-order valence-corrected chi connectivity index (χ0v) is 19.3. The van der Waals surface area contributed by atoms with E-state index >= 15 is 0 Å². The predicted octanol–water partition coefficient (Wildman–Crippen LogP) is 8.80. The van der Waals surface area contributed by atoms with E-state index in [-0.39, 0.29) is 11.3 Å². The van der Waals surface area contributed by atoms with Gasteiger partial charge in [-0.15, -0.1) is 0 Å². The van der Waals surface area contributed by atoms with Gasteiger partial charge in [-0.25, -0.2) is 17.6 Å². The summed E-state index contributed by atoms with van der Waals surface area (Å²) in [5, 5.41) is 0. The summed E-state index contributed by atoms with van der Waals surface area (Å²) in [6, 6.07) is 9.37. The van der Waals surface area contributed by atoms with E-state index in [9.17, 15) is 26.3 Å². The van der Waals surface area contributed by atoms with E-state index in [4.69, 9.17) is 4.74 Å². The molecule has 1 aliphatic carbocycles. The Morgan fingerprint density at radius 3 is 2.00 bits per heavy atom. The van der Waals surface area contributed by atoms with Gasteiger partial charge in [-0.1, -0.05) is 50.8 Å². The SMILES string of the molecule is CC1CCC(CCc2ccc(OC(F)(F)c3cc(F)c(-c4ccc(F)c(F)c4)c(F)c3)cc2)CC1. The van der Waals surface area contributed by atoms with Crippen LogP contribution in [0.5, 0.6) is 5.75 Å². The third-order valence-corrected chi connectivity index (χ3v) is 6.73. The van der Waals surface area contributed by atoms with Crippen molar-refractivity contribution in [2.45, 2.75) is 51.6 Å². The third-order valence-electron chi connectivity index (χ3n) is 6.73. The van der Waals surface area contributed by atoms with E-state index < -0.39 is 40.5 Å². The molecule has 3 aromatic carbocycles. The summed E-state index contributed by atoms with van der Waals surface area (Å²) < 4.78 is 89.9. The third kappa shape index (κ3) is 6.00. The van der Waals surface area contributed by atoms with Crippen molar-refractivity contribution < 1.29 is 31.1 Å². The number of benzene rings is 3. The summed E-state index contributed by atoms with van der Waals surface area (Å²) in [5.74, 6) is -3.87. The maximum Gasteiger partial charge on any atom is 0.426 e. The highest BCUT2D eigenvalue weighted by Gasteiger charge is 2.36. The van der Waals surface area contributed by atoms with Crippen LogP contribution in [-0.4, -0.2) is 0 Å². The molecule has 7 heteroatoms. The van der Waals surface area contributed by atoms with Gasteiger partial charge in [-0.2, -0.15) is 8.78 Å². The molecular formula is C28H26F6O. The smallest absolute Gasteiger partial charge is 0.426 e. The van der Waals surface area contributed by atoms with E-state index in [1.807, 2.05) is 0 Å². The highest BCUT2D eigenvalue weighted by atomic mass is 19.3. The van der Waals surface area contributed by atoms with Crippen molar-refractivity contribution in [2.24, 2.45) is 11.8 Å². The van der Waals surface area contributed by atoms with Gasteiger partial charge >= 0.3 is 6.11 Å². The summed E-state index contributed by atoms with van der Waals surface area (Å²) >= 11 is 0. The Hall–Kier alpha value is -2.96.